The topological polar surface area (TPSA) is 114 Å². The molecular formula is C25H27N3O6S. The van der Waals surface area contributed by atoms with Crippen LogP contribution in [0.25, 0.3) is 0 Å². The standard InChI is InChI=1S/C25H27N3O6S/c1-18-8-7-11-21(14-18)34-17-24(29)26-27-25(30)20-12-13-22(33-3)23(15-20)35(31,32)28(2)16-19-9-5-4-6-10-19/h4-15H,16-17H2,1-3H3,(H,26,29)(H,27,30). The Bertz CT molecular complexity index is 1300. The fourth-order valence-corrected chi connectivity index (χ4v) is 4.54. The number of hydrazine groups is 1. The smallest absolute Gasteiger partial charge is 0.276 e. The van der Waals surface area contributed by atoms with E-state index in [1.807, 2.05) is 43.3 Å². The zero-order valence-corrected chi connectivity index (χ0v) is 20.5. The molecule has 0 atom stereocenters. The number of hydrogen-bond donors (Lipinski definition) is 2. The van der Waals surface area contributed by atoms with Crippen LogP contribution in [0.3, 0.4) is 0 Å². The molecule has 3 aromatic rings. The molecular weight excluding hydrogens is 470 g/mol. The van der Waals surface area contributed by atoms with Gasteiger partial charge in [0.25, 0.3) is 11.8 Å². The van der Waals surface area contributed by atoms with E-state index in [0.717, 1.165) is 11.1 Å². The van der Waals surface area contributed by atoms with Crippen LogP contribution in [-0.4, -0.2) is 45.3 Å². The van der Waals surface area contributed by atoms with E-state index < -0.39 is 21.8 Å². The average Bonchev–Trinajstić information content (AvgIpc) is 2.86. The van der Waals surface area contributed by atoms with Gasteiger partial charge in [-0.3, -0.25) is 20.4 Å². The van der Waals surface area contributed by atoms with E-state index in [2.05, 4.69) is 10.9 Å². The molecule has 0 bridgehead atoms. The van der Waals surface area contributed by atoms with Crippen LogP contribution in [0.4, 0.5) is 0 Å². The summed E-state index contributed by atoms with van der Waals surface area (Å²) in [6.45, 7) is 1.73. The van der Waals surface area contributed by atoms with Gasteiger partial charge in [-0.25, -0.2) is 8.42 Å². The number of carbonyl (C=O) groups is 2. The van der Waals surface area contributed by atoms with Crippen molar-refractivity contribution in [1.82, 2.24) is 15.2 Å². The van der Waals surface area contributed by atoms with Gasteiger partial charge in [0.1, 0.15) is 16.4 Å². The van der Waals surface area contributed by atoms with Crippen molar-refractivity contribution in [2.24, 2.45) is 0 Å². The number of aryl methyl sites for hydroxylation is 1. The van der Waals surface area contributed by atoms with Gasteiger partial charge in [0, 0.05) is 19.2 Å². The third-order valence-electron chi connectivity index (χ3n) is 5.04. The lowest BCUT2D eigenvalue weighted by molar-refractivity contribution is -0.123. The number of benzene rings is 3. The Morgan fingerprint density at radius 3 is 2.37 bits per heavy atom. The molecule has 35 heavy (non-hydrogen) atoms. The average molecular weight is 498 g/mol. The van der Waals surface area contributed by atoms with Gasteiger partial charge in [0.2, 0.25) is 10.0 Å². The molecule has 0 radical (unpaired) electrons. The first-order valence-electron chi connectivity index (χ1n) is 10.7. The van der Waals surface area contributed by atoms with E-state index in [9.17, 15) is 18.0 Å². The lowest BCUT2D eigenvalue weighted by atomic mass is 10.2. The molecule has 0 unspecified atom stereocenters. The number of ether oxygens (including phenoxy) is 2. The van der Waals surface area contributed by atoms with E-state index in [1.165, 1.54) is 36.7 Å². The predicted octanol–water partition coefficient (Wildman–Crippen LogP) is 2.66. The minimum Gasteiger partial charge on any atom is -0.495 e. The van der Waals surface area contributed by atoms with Crippen molar-refractivity contribution in [1.29, 1.82) is 0 Å². The molecule has 0 saturated heterocycles. The van der Waals surface area contributed by atoms with Crippen molar-refractivity contribution in [2.45, 2.75) is 18.4 Å². The van der Waals surface area contributed by atoms with Crippen LogP contribution in [0.15, 0.2) is 77.7 Å². The van der Waals surface area contributed by atoms with Crippen LogP contribution in [0.1, 0.15) is 21.5 Å². The van der Waals surface area contributed by atoms with Crippen molar-refractivity contribution in [3.8, 4) is 11.5 Å². The highest BCUT2D eigenvalue weighted by atomic mass is 32.2. The zero-order valence-electron chi connectivity index (χ0n) is 19.6. The van der Waals surface area contributed by atoms with Gasteiger partial charge in [0.15, 0.2) is 6.61 Å². The Labute approximate surface area is 204 Å². The Morgan fingerprint density at radius 2 is 1.69 bits per heavy atom. The molecule has 0 fully saturated rings. The Hall–Kier alpha value is -3.89. The van der Waals surface area contributed by atoms with Gasteiger partial charge in [-0.05, 0) is 48.4 Å². The summed E-state index contributed by atoms with van der Waals surface area (Å²) >= 11 is 0. The number of nitrogens with zero attached hydrogens (tertiary/aromatic N) is 1. The first kappa shape index (κ1) is 25.7. The van der Waals surface area contributed by atoms with Crippen molar-refractivity contribution in [2.75, 3.05) is 20.8 Å². The molecule has 0 spiro atoms. The minimum atomic E-state index is -3.99. The van der Waals surface area contributed by atoms with Gasteiger partial charge in [-0.2, -0.15) is 4.31 Å². The number of methoxy groups -OCH3 is 1. The van der Waals surface area contributed by atoms with Crippen molar-refractivity contribution in [3.05, 3.63) is 89.5 Å². The van der Waals surface area contributed by atoms with Crippen LogP contribution < -0.4 is 20.3 Å². The largest absolute Gasteiger partial charge is 0.495 e. The summed E-state index contributed by atoms with van der Waals surface area (Å²) in [5.74, 6) is -0.657. The van der Waals surface area contributed by atoms with Gasteiger partial charge in [0.05, 0.1) is 7.11 Å². The fourth-order valence-electron chi connectivity index (χ4n) is 3.20. The predicted molar refractivity (Wildman–Crippen MR) is 130 cm³/mol. The van der Waals surface area contributed by atoms with Crippen LogP contribution in [0, 0.1) is 6.92 Å². The number of rotatable bonds is 9. The summed E-state index contributed by atoms with van der Waals surface area (Å²) in [6.07, 6.45) is 0. The summed E-state index contributed by atoms with van der Waals surface area (Å²) in [4.78, 5) is 24.5. The highest BCUT2D eigenvalue weighted by Gasteiger charge is 2.26. The molecule has 0 saturated carbocycles. The van der Waals surface area contributed by atoms with Gasteiger partial charge in [-0.1, -0.05) is 42.5 Å². The Kier molecular flexibility index (Phi) is 8.45. The van der Waals surface area contributed by atoms with Crippen LogP contribution >= 0.6 is 0 Å². The number of carbonyl (C=O) groups excluding carboxylic acids is 2. The first-order chi connectivity index (χ1) is 16.7. The maximum atomic E-state index is 13.2. The molecule has 2 amide bonds. The van der Waals surface area contributed by atoms with E-state index >= 15 is 0 Å². The monoisotopic (exact) mass is 497 g/mol. The van der Waals surface area contributed by atoms with Crippen LogP contribution in [-0.2, 0) is 21.4 Å². The molecule has 10 heteroatoms. The summed E-state index contributed by atoms with van der Waals surface area (Å²) in [5.41, 5.74) is 6.33. The second-order valence-electron chi connectivity index (χ2n) is 7.72. The van der Waals surface area contributed by atoms with Crippen molar-refractivity contribution in [3.63, 3.8) is 0 Å². The molecule has 0 heterocycles. The maximum Gasteiger partial charge on any atom is 0.276 e. The van der Waals surface area contributed by atoms with Crippen molar-refractivity contribution >= 4 is 21.8 Å². The van der Waals surface area contributed by atoms with Gasteiger partial charge in [-0.15, -0.1) is 0 Å². The molecule has 2 N–H and O–H groups in total. The fraction of sp³-hybridized carbons (Fsp3) is 0.200. The molecule has 3 aromatic carbocycles. The highest BCUT2D eigenvalue weighted by Crippen LogP contribution is 2.28. The summed E-state index contributed by atoms with van der Waals surface area (Å²) in [7, 11) is -1.19. The number of hydrogen-bond acceptors (Lipinski definition) is 6. The first-order valence-corrected chi connectivity index (χ1v) is 12.1. The summed E-state index contributed by atoms with van der Waals surface area (Å²) in [5, 5.41) is 0. The molecule has 0 aliphatic carbocycles. The lowest BCUT2D eigenvalue weighted by Crippen LogP contribution is -2.43. The van der Waals surface area contributed by atoms with Crippen LogP contribution in [0.5, 0.6) is 11.5 Å². The molecule has 9 nitrogen and oxygen atoms in total. The highest BCUT2D eigenvalue weighted by molar-refractivity contribution is 7.89. The van der Waals surface area contributed by atoms with E-state index in [1.54, 1.807) is 18.2 Å². The van der Waals surface area contributed by atoms with Crippen molar-refractivity contribution < 1.29 is 27.5 Å². The molecule has 0 aromatic heterocycles. The molecule has 0 aliphatic rings. The van der Waals surface area contributed by atoms with Crippen LogP contribution in [0.2, 0.25) is 0 Å². The minimum absolute atomic E-state index is 0.0254. The second kappa shape index (κ2) is 11.5. The Balaban J connectivity index is 1.67. The van der Waals surface area contributed by atoms with E-state index in [0.29, 0.717) is 5.75 Å². The van der Waals surface area contributed by atoms with Gasteiger partial charge >= 0.3 is 0 Å². The second-order valence-corrected chi connectivity index (χ2v) is 9.73. The molecule has 3 rings (SSSR count). The maximum absolute atomic E-state index is 13.2. The number of sulfonamides is 1. The zero-order chi connectivity index (χ0) is 25.4. The third kappa shape index (κ3) is 6.81. The molecule has 0 aliphatic heterocycles. The van der Waals surface area contributed by atoms with Gasteiger partial charge < -0.3 is 9.47 Å². The SMILES string of the molecule is COc1ccc(C(=O)NNC(=O)COc2cccc(C)c2)cc1S(=O)(=O)N(C)Cc1ccccc1. The number of nitrogens with one attached hydrogen (secondary N) is 2. The summed E-state index contributed by atoms with van der Waals surface area (Å²) in [6, 6.07) is 20.3. The Morgan fingerprint density at radius 1 is 0.943 bits per heavy atom. The lowest BCUT2D eigenvalue weighted by Gasteiger charge is -2.19. The van der Waals surface area contributed by atoms with E-state index in [4.69, 9.17) is 9.47 Å². The summed E-state index contributed by atoms with van der Waals surface area (Å²) < 4.78 is 38.2. The normalized spacial score (nSPS) is 11.1. The number of amides is 2. The van der Waals surface area contributed by atoms with E-state index in [-0.39, 0.29) is 29.4 Å². The third-order valence-corrected chi connectivity index (χ3v) is 6.86. The quantitative estimate of drug-likeness (QED) is 0.440. The molecule has 184 valence electrons.